The summed E-state index contributed by atoms with van der Waals surface area (Å²) in [5.41, 5.74) is 1.84. The number of nitrogens with zero attached hydrogens (tertiary/aromatic N) is 5. The van der Waals surface area contributed by atoms with Gasteiger partial charge in [0, 0.05) is 26.6 Å². The lowest BCUT2D eigenvalue weighted by Crippen LogP contribution is -2.34. The molecule has 3 atom stereocenters. The molecule has 2 heterocycles. The summed E-state index contributed by atoms with van der Waals surface area (Å²) >= 11 is 0. The molecule has 0 aromatic carbocycles. The molecule has 3 aliphatic carbocycles. The average Bonchev–Trinajstić information content (AvgIpc) is 3.02. The van der Waals surface area contributed by atoms with E-state index in [0.29, 0.717) is 41.0 Å². The van der Waals surface area contributed by atoms with Gasteiger partial charge in [0.1, 0.15) is 35.3 Å². The Bertz CT molecular complexity index is 1110. The smallest absolute Gasteiger partial charge is 0.409 e. The number of rotatable bonds is 8. The summed E-state index contributed by atoms with van der Waals surface area (Å²) in [5, 5.41) is 17.9. The highest BCUT2D eigenvalue weighted by Crippen LogP contribution is 2.63. The predicted molar refractivity (Wildman–Crippen MR) is 121 cm³/mol. The van der Waals surface area contributed by atoms with Crippen molar-refractivity contribution in [3.8, 4) is 17.1 Å². The standard InChI is InChI=1S/C24H31N5O5/c1-14-19(34-24-11-5-8-16(24)20(24)22(30)31)10-9-17(25-14)21-18(29(3)27-26-21)13-33-23(32)28(2)12-15-6-4-7-15/h9-10,15-16,20H,4-8,11-13H2,1-3H3,(H,30,31). The number of hydrogen-bond acceptors (Lipinski definition) is 7. The second-order valence-electron chi connectivity index (χ2n) is 9.89. The van der Waals surface area contributed by atoms with Crippen molar-refractivity contribution in [2.45, 2.75) is 57.7 Å². The number of aryl methyl sites for hydroxylation is 2. The molecule has 10 heteroatoms. The molecule has 34 heavy (non-hydrogen) atoms. The van der Waals surface area contributed by atoms with Gasteiger partial charge < -0.3 is 19.5 Å². The molecule has 2 aromatic rings. The van der Waals surface area contributed by atoms with Gasteiger partial charge in [-0.05, 0) is 57.1 Å². The first-order valence-corrected chi connectivity index (χ1v) is 12.0. The van der Waals surface area contributed by atoms with E-state index < -0.39 is 17.5 Å². The summed E-state index contributed by atoms with van der Waals surface area (Å²) in [6, 6.07) is 3.61. The molecule has 0 bridgehead atoms. The molecule has 3 unspecified atom stereocenters. The topological polar surface area (TPSA) is 120 Å². The average molecular weight is 470 g/mol. The van der Waals surface area contributed by atoms with Crippen molar-refractivity contribution in [3.63, 3.8) is 0 Å². The summed E-state index contributed by atoms with van der Waals surface area (Å²) in [5.74, 6) is 0.00886. The fraction of sp³-hybridized carbons (Fsp3) is 0.625. The van der Waals surface area contributed by atoms with E-state index in [4.69, 9.17) is 9.47 Å². The number of amides is 1. The van der Waals surface area contributed by atoms with Crippen LogP contribution in [0.4, 0.5) is 4.79 Å². The van der Waals surface area contributed by atoms with Gasteiger partial charge in [-0.25, -0.2) is 14.5 Å². The fourth-order valence-electron chi connectivity index (χ4n) is 5.52. The lowest BCUT2D eigenvalue weighted by molar-refractivity contribution is -0.140. The minimum atomic E-state index is -0.788. The molecule has 3 aliphatic rings. The number of carboxylic acids is 1. The van der Waals surface area contributed by atoms with Crippen molar-refractivity contribution < 1.29 is 24.2 Å². The Morgan fingerprint density at radius 3 is 2.71 bits per heavy atom. The van der Waals surface area contributed by atoms with Gasteiger partial charge in [-0.15, -0.1) is 5.10 Å². The minimum Gasteiger partial charge on any atom is -0.484 e. The van der Waals surface area contributed by atoms with Crippen molar-refractivity contribution in [1.29, 1.82) is 0 Å². The predicted octanol–water partition coefficient (Wildman–Crippen LogP) is 3.19. The summed E-state index contributed by atoms with van der Waals surface area (Å²) in [7, 11) is 3.51. The Hall–Kier alpha value is -3.17. The second kappa shape index (κ2) is 8.56. The van der Waals surface area contributed by atoms with Crippen LogP contribution in [0.1, 0.15) is 49.9 Å². The van der Waals surface area contributed by atoms with E-state index in [1.165, 1.54) is 6.42 Å². The number of carbonyl (C=O) groups is 2. The molecule has 0 aliphatic heterocycles. The Morgan fingerprint density at radius 2 is 2.06 bits per heavy atom. The van der Waals surface area contributed by atoms with E-state index in [-0.39, 0.29) is 18.6 Å². The molecule has 1 N–H and O–H groups in total. The fourth-order valence-corrected chi connectivity index (χ4v) is 5.52. The highest BCUT2D eigenvalue weighted by molar-refractivity contribution is 5.77. The number of fused-ring (bicyclic) bond motifs is 1. The number of hydrogen-bond donors (Lipinski definition) is 1. The van der Waals surface area contributed by atoms with Crippen molar-refractivity contribution >= 4 is 12.1 Å². The first kappa shape index (κ1) is 22.6. The van der Waals surface area contributed by atoms with Crippen LogP contribution in [0.5, 0.6) is 5.75 Å². The summed E-state index contributed by atoms with van der Waals surface area (Å²) < 4.78 is 13.4. The van der Waals surface area contributed by atoms with Crippen molar-refractivity contribution in [2.75, 3.05) is 13.6 Å². The third-order valence-electron chi connectivity index (χ3n) is 7.72. The van der Waals surface area contributed by atoms with Crippen LogP contribution in [-0.4, -0.2) is 61.2 Å². The zero-order chi connectivity index (χ0) is 24.0. The van der Waals surface area contributed by atoms with Crippen LogP contribution in [0.3, 0.4) is 0 Å². The van der Waals surface area contributed by atoms with Crippen LogP contribution in [0, 0.1) is 24.7 Å². The Balaban J connectivity index is 1.28. The molecule has 3 fully saturated rings. The van der Waals surface area contributed by atoms with Crippen LogP contribution >= 0.6 is 0 Å². The Kier molecular flexibility index (Phi) is 5.69. The summed E-state index contributed by atoms with van der Waals surface area (Å²) in [6.07, 6.45) is 5.82. The number of carbonyl (C=O) groups excluding carboxylic acids is 1. The van der Waals surface area contributed by atoms with Gasteiger partial charge in [0.2, 0.25) is 0 Å². The van der Waals surface area contributed by atoms with E-state index in [1.807, 2.05) is 13.0 Å². The van der Waals surface area contributed by atoms with Crippen molar-refractivity contribution in [2.24, 2.45) is 24.8 Å². The van der Waals surface area contributed by atoms with Gasteiger partial charge in [-0.1, -0.05) is 11.6 Å². The van der Waals surface area contributed by atoms with Gasteiger partial charge in [0.05, 0.1) is 11.4 Å². The number of aromatic nitrogens is 4. The SMILES string of the molecule is Cc1nc(-c2nnn(C)c2COC(=O)N(C)CC2CCC2)ccc1OC12CCCC1C2C(=O)O. The van der Waals surface area contributed by atoms with E-state index in [9.17, 15) is 14.7 Å². The first-order chi connectivity index (χ1) is 16.3. The van der Waals surface area contributed by atoms with E-state index >= 15 is 0 Å². The highest BCUT2D eigenvalue weighted by atomic mass is 16.6. The molecule has 1 amide bonds. The maximum atomic E-state index is 12.4. The zero-order valence-corrected chi connectivity index (χ0v) is 19.9. The van der Waals surface area contributed by atoms with Gasteiger partial charge in [0.25, 0.3) is 0 Å². The van der Waals surface area contributed by atoms with Gasteiger partial charge in [-0.2, -0.15) is 0 Å². The van der Waals surface area contributed by atoms with Crippen LogP contribution in [0.25, 0.3) is 11.4 Å². The first-order valence-electron chi connectivity index (χ1n) is 12.0. The molecular weight excluding hydrogens is 438 g/mol. The van der Waals surface area contributed by atoms with Crippen molar-refractivity contribution in [1.82, 2.24) is 24.9 Å². The maximum Gasteiger partial charge on any atom is 0.409 e. The normalized spacial score (nSPS) is 25.4. The van der Waals surface area contributed by atoms with Crippen LogP contribution in [0.15, 0.2) is 12.1 Å². The van der Waals surface area contributed by atoms with Gasteiger partial charge >= 0.3 is 12.1 Å². The maximum absolute atomic E-state index is 12.4. The molecule has 0 saturated heterocycles. The van der Waals surface area contributed by atoms with E-state index in [2.05, 4.69) is 15.3 Å². The van der Waals surface area contributed by atoms with Gasteiger partial charge in [0.15, 0.2) is 0 Å². The van der Waals surface area contributed by atoms with E-state index in [1.54, 1.807) is 29.7 Å². The van der Waals surface area contributed by atoms with E-state index in [0.717, 1.165) is 32.1 Å². The monoisotopic (exact) mass is 469 g/mol. The molecular formula is C24H31N5O5. The molecule has 10 nitrogen and oxygen atoms in total. The largest absolute Gasteiger partial charge is 0.484 e. The number of carboxylic acid groups (broad SMARTS) is 1. The molecule has 5 rings (SSSR count). The lowest BCUT2D eigenvalue weighted by Gasteiger charge is -2.29. The van der Waals surface area contributed by atoms with Crippen LogP contribution < -0.4 is 4.74 Å². The third kappa shape index (κ3) is 3.88. The van der Waals surface area contributed by atoms with Crippen LogP contribution in [-0.2, 0) is 23.2 Å². The third-order valence-corrected chi connectivity index (χ3v) is 7.72. The second-order valence-corrected chi connectivity index (χ2v) is 9.89. The number of ether oxygens (including phenoxy) is 2. The van der Waals surface area contributed by atoms with Gasteiger partial charge in [-0.3, -0.25) is 4.79 Å². The molecule has 0 spiro atoms. The molecule has 3 saturated carbocycles. The summed E-state index contributed by atoms with van der Waals surface area (Å²) in [4.78, 5) is 30.3. The van der Waals surface area contributed by atoms with Crippen LogP contribution in [0.2, 0.25) is 0 Å². The molecule has 0 radical (unpaired) electrons. The molecule has 182 valence electrons. The highest BCUT2D eigenvalue weighted by Gasteiger charge is 2.73. The van der Waals surface area contributed by atoms with Crippen molar-refractivity contribution in [3.05, 3.63) is 23.5 Å². The lowest BCUT2D eigenvalue weighted by atomic mass is 9.85. The summed E-state index contributed by atoms with van der Waals surface area (Å²) in [6.45, 7) is 2.59. The quantitative estimate of drug-likeness (QED) is 0.626. The number of pyridine rings is 1. The number of aliphatic carboxylic acids is 1. The molecule has 2 aromatic heterocycles. The Morgan fingerprint density at radius 1 is 1.26 bits per heavy atom. The zero-order valence-electron chi connectivity index (χ0n) is 19.9. The Labute approximate surface area is 198 Å². The minimum absolute atomic E-state index is 0.0384.